The SMILES string of the molecule is CC(C)(C)OC(=O)N[C@@H]1CC(=O)N(c2ccc(S(=O)(=O)N3CCN(c4cc(C(F)(F)[C@@H]5CN(C(=O)OC(C)(C)C)CCO5)cc(Cl)n4)CC3)cc2)C1. The Hall–Kier alpha value is -3.80. The van der Waals surface area contributed by atoms with Crippen molar-refractivity contribution in [3.05, 3.63) is 47.1 Å². The summed E-state index contributed by atoms with van der Waals surface area (Å²) in [7, 11) is -3.94. The third kappa shape index (κ3) is 9.40. The van der Waals surface area contributed by atoms with E-state index in [-0.39, 0.29) is 74.1 Å². The van der Waals surface area contributed by atoms with Crippen molar-refractivity contribution in [1.29, 1.82) is 0 Å². The Morgan fingerprint density at radius 3 is 2.19 bits per heavy atom. The minimum atomic E-state index is -3.94. The minimum absolute atomic E-state index is 0.0236. The fourth-order valence-electron chi connectivity index (χ4n) is 6.02. The van der Waals surface area contributed by atoms with Gasteiger partial charge in [0.15, 0.2) is 0 Å². The topological polar surface area (TPSA) is 151 Å². The van der Waals surface area contributed by atoms with E-state index in [9.17, 15) is 22.8 Å². The first-order valence-corrected chi connectivity index (χ1v) is 18.7. The van der Waals surface area contributed by atoms with Gasteiger partial charge in [-0.05, 0) is 77.9 Å². The fourth-order valence-corrected chi connectivity index (χ4v) is 7.64. The highest BCUT2D eigenvalue weighted by molar-refractivity contribution is 7.89. The maximum atomic E-state index is 15.9. The Kier molecular flexibility index (Phi) is 11.3. The molecule has 2 atom stereocenters. The monoisotopic (exact) mass is 770 g/mol. The standard InChI is InChI=1S/C34H45ClF2N6O8S/c1-32(2,3)50-30(45)38-23-19-29(44)43(20-23)24-7-9-25(10-8-24)52(47,48)42-13-11-40(12-14-42)28-18-22(17-27(35)39-28)34(36,37)26-21-41(15-16-49-26)31(46)51-33(4,5)6/h7-10,17-18,23,26H,11-16,19-21H2,1-6H3,(H,38,45)/t23-,26+/m1/s1. The smallest absolute Gasteiger partial charge is 0.410 e. The van der Waals surface area contributed by atoms with E-state index in [0.29, 0.717) is 5.69 Å². The van der Waals surface area contributed by atoms with Crippen LogP contribution in [0.15, 0.2) is 41.3 Å². The number of aromatic nitrogens is 1. The lowest BCUT2D eigenvalue weighted by Gasteiger charge is -2.38. The molecule has 1 aromatic heterocycles. The summed E-state index contributed by atoms with van der Waals surface area (Å²) in [5.74, 6) is -3.62. The third-order valence-electron chi connectivity index (χ3n) is 8.48. The highest BCUT2D eigenvalue weighted by Crippen LogP contribution is 2.38. The summed E-state index contributed by atoms with van der Waals surface area (Å²) in [4.78, 5) is 46.0. The number of carbonyl (C=O) groups excluding carboxylic acids is 3. The van der Waals surface area contributed by atoms with Gasteiger partial charge < -0.3 is 34.2 Å². The van der Waals surface area contributed by atoms with E-state index in [1.165, 1.54) is 44.4 Å². The van der Waals surface area contributed by atoms with Gasteiger partial charge in [0.1, 0.15) is 28.3 Å². The predicted molar refractivity (Wildman–Crippen MR) is 188 cm³/mol. The van der Waals surface area contributed by atoms with E-state index < -0.39 is 63.6 Å². The van der Waals surface area contributed by atoms with Crippen LogP contribution >= 0.6 is 11.6 Å². The van der Waals surface area contributed by atoms with E-state index in [2.05, 4.69) is 10.3 Å². The maximum Gasteiger partial charge on any atom is 0.410 e. The molecule has 5 rings (SSSR count). The molecule has 0 aliphatic carbocycles. The lowest BCUT2D eigenvalue weighted by Crippen LogP contribution is -2.52. The first kappa shape index (κ1) is 39.4. The number of pyridine rings is 1. The number of hydrogen-bond acceptors (Lipinski definition) is 10. The largest absolute Gasteiger partial charge is 0.444 e. The van der Waals surface area contributed by atoms with E-state index in [1.54, 1.807) is 46.4 Å². The molecular weight excluding hydrogens is 726 g/mol. The number of carbonyl (C=O) groups is 3. The van der Waals surface area contributed by atoms with Gasteiger partial charge in [0.25, 0.3) is 0 Å². The number of morpholine rings is 1. The van der Waals surface area contributed by atoms with Crippen LogP contribution in [0.2, 0.25) is 5.15 Å². The summed E-state index contributed by atoms with van der Waals surface area (Å²) in [6, 6.07) is 7.71. The van der Waals surface area contributed by atoms with E-state index in [4.69, 9.17) is 25.8 Å². The van der Waals surface area contributed by atoms with Crippen LogP contribution < -0.4 is 15.1 Å². The number of benzene rings is 1. The van der Waals surface area contributed by atoms with Crippen molar-refractivity contribution in [1.82, 2.24) is 19.5 Å². The van der Waals surface area contributed by atoms with Crippen molar-refractivity contribution < 1.29 is 45.8 Å². The molecule has 3 aliphatic heterocycles. The second-order valence-electron chi connectivity index (χ2n) is 14.9. The number of rotatable bonds is 7. The number of nitrogens with one attached hydrogen (secondary N) is 1. The molecule has 1 N–H and O–H groups in total. The number of halogens is 3. The number of sulfonamides is 1. The van der Waals surface area contributed by atoms with Gasteiger partial charge in [-0.3, -0.25) is 4.79 Å². The van der Waals surface area contributed by atoms with Crippen LogP contribution in [-0.4, -0.2) is 116 Å². The number of anilines is 2. The molecule has 3 aliphatic rings. The summed E-state index contributed by atoms with van der Waals surface area (Å²) in [6.45, 7) is 10.5. The van der Waals surface area contributed by atoms with Crippen LogP contribution in [0.1, 0.15) is 53.5 Å². The van der Waals surface area contributed by atoms with Gasteiger partial charge >= 0.3 is 18.1 Å². The first-order chi connectivity index (χ1) is 24.1. The number of piperazine rings is 1. The molecule has 286 valence electrons. The summed E-state index contributed by atoms with van der Waals surface area (Å²) >= 11 is 6.22. The Balaban J connectivity index is 1.20. The number of hydrogen-bond donors (Lipinski definition) is 1. The fraction of sp³-hybridized carbons (Fsp3) is 0.588. The van der Waals surface area contributed by atoms with Crippen LogP contribution in [-0.2, 0) is 35.0 Å². The van der Waals surface area contributed by atoms with Gasteiger partial charge in [-0.25, -0.2) is 23.0 Å². The van der Waals surface area contributed by atoms with Crippen LogP contribution in [0.3, 0.4) is 0 Å². The first-order valence-electron chi connectivity index (χ1n) is 16.9. The van der Waals surface area contributed by atoms with Crippen LogP contribution in [0.5, 0.6) is 0 Å². The average molecular weight is 771 g/mol. The predicted octanol–water partition coefficient (Wildman–Crippen LogP) is 4.60. The Morgan fingerprint density at radius 1 is 0.942 bits per heavy atom. The van der Waals surface area contributed by atoms with Crippen LogP contribution in [0.4, 0.5) is 29.9 Å². The summed E-state index contributed by atoms with van der Waals surface area (Å²) in [5.41, 5.74) is -1.44. The molecule has 2 aromatic rings. The molecular formula is C34H45ClF2N6O8S. The Morgan fingerprint density at radius 2 is 1.58 bits per heavy atom. The normalized spacial score (nSPS) is 20.9. The van der Waals surface area contributed by atoms with E-state index >= 15 is 8.78 Å². The summed E-state index contributed by atoms with van der Waals surface area (Å²) in [5, 5.41) is 2.52. The number of ether oxygens (including phenoxy) is 3. The van der Waals surface area contributed by atoms with Crippen molar-refractivity contribution >= 4 is 51.2 Å². The van der Waals surface area contributed by atoms with Crippen molar-refractivity contribution in [3.8, 4) is 0 Å². The molecule has 0 radical (unpaired) electrons. The molecule has 3 amide bonds. The van der Waals surface area contributed by atoms with Crippen molar-refractivity contribution in [2.75, 3.05) is 62.2 Å². The minimum Gasteiger partial charge on any atom is -0.444 e. The third-order valence-corrected chi connectivity index (χ3v) is 10.6. The highest BCUT2D eigenvalue weighted by atomic mass is 35.5. The van der Waals surface area contributed by atoms with Gasteiger partial charge in [-0.2, -0.15) is 13.1 Å². The van der Waals surface area contributed by atoms with Crippen molar-refractivity contribution in [2.24, 2.45) is 0 Å². The van der Waals surface area contributed by atoms with E-state index in [0.717, 1.165) is 6.07 Å². The zero-order valence-corrected chi connectivity index (χ0v) is 31.6. The molecule has 3 saturated heterocycles. The zero-order valence-electron chi connectivity index (χ0n) is 30.0. The average Bonchev–Trinajstić information content (AvgIpc) is 3.42. The van der Waals surface area contributed by atoms with Crippen LogP contribution in [0, 0.1) is 0 Å². The quantitative estimate of drug-likeness (QED) is 0.396. The van der Waals surface area contributed by atoms with Gasteiger partial charge in [0.2, 0.25) is 15.9 Å². The molecule has 14 nitrogen and oxygen atoms in total. The second kappa shape index (κ2) is 14.9. The molecule has 0 saturated carbocycles. The number of amides is 3. The van der Waals surface area contributed by atoms with Gasteiger partial charge in [0, 0.05) is 56.9 Å². The molecule has 52 heavy (non-hydrogen) atoms. The maximum absolute atomic E-state index is 15.9. The van der Waals surface area contributed by atoms with Gasteiger partial charge in [-0.15, -0.1) is 0 Å². The van der Waals surface area contributed by atoms with E-state index in [1.807, 2.05) is 0 Å². The summed E-state index contributed by atoms with van der Waals surface area (Å²) < 4.78 is 76.2. The number of alkyl halides is 2. The Labute approximate surface area is 307 Å². The lowest BCUT2D eigenvalue weighted by molar-refractivity contribution is -0.170. The van der Waals surface area contributed by atoms with Crippen LogP contribution in [0.25, 0.3) is 0 Å². The zero-order chi connectivity index (χ0) is 38.2. The summed E-state index contributed by atoms with van der Waals surface area (Å²) in [6.07, 6.45) is -2.92. The highest BCUT2D eigenvalue weighted by Gasteiger charge is 2.47. The molecule has 0 bridgehead atoms. The molecule has 0 unspecified atom stereocenters. The molecule has 4 heterocycles. The van der Waals surface area contributed by atoms with Gasteiger partial charge in [-0.1, -0.05) is 11.6 Å². The lowest BCUT2D eigenvalue weighted by atomic mass is 10.0. The molecule has 0 spiro atoms. The number of nitrogens with zero attached hydrogens (tertiary/aromatic N) is 5. The molecule has 18 heteroatoms. The number of alkyl carbamates (subject to hydrolysis) is 1. The molecule has 3 fully saturated rings. The van der Waals surface area contributed by atoms with Crippen molar-refractivity contribution in [2.45, 2.75) is 82.1 Å². The Bertz CT molecular complexity index is 1760. The second-order valence-corrected chi connectivity index (χ2v) is 17.2. The molecule has 1 aromatic carbocycles. The van der Waals surface area contributed by atoms with Gasteiger partial charge in [0.05, 0.1) is 24.1 Å². The van der Waals surface area contributed by atoms with Crippen molar-refractivity contribution in [3.63, 3.8) is 0 Å².